The molecule has 0 N–H and O–H groups in total. The van der Waals surface area contributed by atoms with E-state index in [4.69, 9.17) is 9.47 Å². The summed E-state index contributed by atoms with van der Waals surface area (Å²) in [6.45, 7) is 3.75. The van der Waals surface area contributed by atoms with Gasteiger partial charge >= 0.3 is 0 Å². The first-order valence-electron chi connectivity index (χ1n) is 7.72. The van der Waals surface area contributed by atoms with Gasteiger partial charge in [-0.15, -0.1) is 0 Å². The van der Waals surface area contributed by atoms with Crippen molar-refractivity contribution in [1.82, 2.24) is 4.90 Å². The van der Waals surface area contributed by atoms with Crippen LogP contribution in [0.25, 0.3) is 0 Å². The van der Waals surface area contributed by atoms with Gasteiger partial charge in [-0.05, 0) is 47.1 Å². The molecule has 1 aliphatic heterocycles. The molecule has 126 valence electrons. The normalized spacial score (nSPS) is 12.8. The van der Waals surface area contributed by atoms with Gasteiger partial charge in [-0.1, -0.05) is 12.1 Å². The van der Waals surface area contributed by atoms with E-state index in [2.05, 4.69) is 15.9 Å². The molecule has 0 unspecified atom stereocenters. The lowest BCUT2D eigenvalue weighted by Gasteiger charge is -2.25. The third-order valence-electron chi connectivity index (χ3n) is 3.84. The average molecular weight is 394 g/mol. The van der Waals surface area contributed by atoms with Gasteiger partial charge in [0.25, 0.3) is 5.91 Å². The van der Waals surface area contributed by atoms with Crippen LogP contribution in [0.5, 0.6) is 11.5 Å². The van der Waals surface area contributed by atoms with Crippen molar-refractivity contribution < 1.29 is 18.7 Å². The molecule has 2 aromatic carbocycles. The number of carbonyl (C=O) groups is 1. The van der Waals surface area contributed by atoms with Crippen LogP contribution in [0, 0.1) is 5.82 Å². The number of hydrogen-bond donors (Lipinski definition) is 0. The Balaban J connectivity index is 1.87. The van der Waals surface area contributed by atoms with Crippen molar-refractivity contribution >= 4 is 21.8 Å². The zero-order valence-corrected chi connectivity index (χ0v) is 14.8. The number of nitrogens with zero attached hydrogens (tertiary/aromatic N) is 1. The lowest BCUT2D eigenvalue weighted by Crippen LogP contribution is -2.31. The van der Waals surface area contributed by atoms with Gasteiger partial charge < -0.3 is 14.4 Å². The molecule has 0 radical (unpaired) electrons. The summed E-state index contributed by atoms with van der Waals surface area (Å²) in [5.41, 5.74) is 1.17. The Hall–Kier alpha value is -2.08. The number of amides is 1. The molecule has 0 spiro atoms. The fourth-order valence-electron chi connectivity index (χ4n) is 2.62. The van der Waals surface area contributed by atoms with Gasteiger partial charge in [0, 0.05) is 23.1 Å². The fourth-order valence-corrected chi connectivity index (χ4v) is 3.04. The molecule has 1 aliphatic rings. The number of rotatable bonds is 4. The highest BCUT2D eigenvalue weighted by molar-refractivity contribution is 9.10. The molecule has 0 atom stereocenters. The molecule has 24 heavy (non-hydrogen) atoms. The summed E-state index contributed by atoms with van der Waals surface area (Å²) in [6.07, 6.45) is 0. The Morgan fingerprint density at radius 1 is 1.25 bits per heavy atom. The van der Waals surface area contributed by atoms with E-state index in [1.807, 2.05) is 25.1 Å². The number of benzene rings is 2. The van der Waals surface area contributed by atoms with Gasteiger partial charge in [-0.25, -0.2) is 4.39 Å². The van der Waals surface area contributed by atoms with Crippen LogP contribution in [0.1, 0.15) is 22.8 Å². The van der Waals surface area contributed by atoms with Crippen molar-refractivity contribution in [3.63, 3.8) is 0 Å². The molecule has 0 fully saturated rings. The molecule has 0 aliphatic carbocycles. The minimum atomic E-state index is -0.438. The molecule has 4 nitrogen and oxygen atoms in total. The zero-order chi connectivity index (χ0) is 17.1. The first-order chi connectivity index (χ1) is 11.6. The maximum Gasteiger partial charge on any atom is 0.255 e. The summed E-state index contributed by atoms with van der Waals surface area (Å²) >= 11 is 3.32. The maximum absolute atomic E-state index is 13.5. The van der Waals surface area contributed by atoms with Crippen molar-refractivity contribution in [1.29, 1.82) is 0 Å². The molecular weight excluding hydrogens is 377 g/mol. The third-order valence-corrected chi connectivity index (χ3v) is 4.53. The first kappa shape index (κ1) is 16.8. The molecule has 0 saturated heterocycles. The van der Waals surface area contributed by atoms with Crippen LogP contribution >= 0.6 is 15.9 Å². The Bertz CT molecular complexity index is 766. The van der Waals surface area contributed by atoms with E-state index in [9.17, 15) is 9.18 Å². The quantitative estimate of drug-likeness (QED) is 0.787. The molecule has 2 aromatic rings. The van der Waals surface area contributed by atoms with Crippen LogP contribution in [0.3, 0.4) is 0 Å². The third kappa shape index (κ3) is 3.38. The van der Waals surface area contributed by atoms with Crippen LogP contribution in [0.15, 0.2) is 40.9 Å². The van der Waals surface area contributed by atoms with Gasteiger partial charge in [0.1, 0.15) is 19.0 Å². The van der Waals surface area contributed by atoms with Crippen LogP contribution in [0.4, 0.5) is 4.39 Å². The minimum Gasteiger partial charge on any atom is -0.486 e. The highest BCUT2D eigenvalue weighted by Crippen LogP contribution is 2.34. The largest absolute Gasteiger partial charge is 0.486 e. The maximum atomic E-state index is 13.5. The van der Waals surface area contributed by atoms with E-state index in [0.29, 0.717) is 47.8 Å². The molecule has 0 bridgehead atoms. The topological polar surface area (TPSA) is 38.8 Å². The monoisotopic (exact) mass is 393 g/mol. The van der Waals surface area contributed by atoms with E-state index in [1.165, 1.54) is 18.2 Å². The molecule has 0 saturated carbocycles. The Labute approximate surface area is 148 Å². The minimum absolute atomic E-state index is 0.238. The van der Waals surface area contributed by atoms with Gasteiger partial charge in [0.2, 0.25) is 0 Å². The van der Waals surface area contributed by atoms with Crippen molar-refractivity contribution in [3.8, 4) is 11.5 Å². The second kappa shape index (κ2) is 7.21. The van der Waals surface area contributed by atoms with Gasteiger partial charge in [0.15, 0.2) is 11.5 Å². The summed E-state index contributed by atoms with van der Waals surface area (Å²) in [7, 11) is 0. The molecular formula is C18H17BrFNO3. The number of fused-ring (bicyclic) bond motifs is 1. The highest BCUT2D eigenvalue weighted by atomic mass is 79.9. The van der Waals surface area contributed by atoms with E-state index < -0.39 is 5.82 Å². The van der Waals surface area contributed by atoms with Crippen LogP contribution in [0.2, 0.25) is 0 Å². The van der Waals surface area contributed by atoms with Crippen molar-refractivity contribution in [2.45, 2.75) is 13.5 Å². The molecule has 1 amide bonds. The molecule has 0 aromatic heterocycles. The van der Waals surface area contributed by atoms with Crippen LogP contribution in [-0.2, 0) is 6.54 Å². The number of ether oxygens (including phenoxy) is 2. The van der Waals surface area contributed by atoms with Gasteiger partial charge in [-0.3, -0.25) is 4.79 Å². The predicted molar refractivity (Wildman–Crippen MR) is 91.9 cm³/mol. The number of carbonyl (C=O) groups excluding carboxylic acids is 1. The zero-order valence-electron chi connectivity index (χ0n) is 13.2. The number of halogens is 2. The Morgan fingerprint density at radius 2 is 2.04 bits per heavy atom. The summed E-state index contributed by atoms with van der Waals surface area (Å²) in [6, 6.07) is 9.73. The van der Waals surface area contributed by atoms with Crippen LogP contribution in [-0.4, -0.2) is 30.6 Å². The average Bonchev–Trinajstić information content (AvgIpc) is 2.61. The van der Waals surface area contributed by atoms with Crippen molar-refractivity contribution in [3.05, 3.63) is 57.8 Å². The van der Waals surface area contributed by atoms with Crippen LogP contribution < -0.4 is 9.47 Å². The fraction of sp³-hybridized carbons (Fsp3) is 0.278. The van der Waals surface area contributed by atoms with Crippen molar-refractivity contribution in [2.75, 3.05) is 19.8 Å². The summed E-state index contributed by atoms with van der Waals surface area (Å²) in [4.78, 5) is 14.4. The number of hydrogen-bond acceptors (Lipinski definition) is 3. The summed E-state index contributed by atoms with van der Waals surface area (Å²) in [5, 5.41) is 0. The van der Waals surface area contributed by atoms with Gasteiger partial charge in [-0.2, -0.15) is 0 Å². The summed E-state index contributed by atoms with van der Waals surface area (Å²) < 4.78 is 25.3. The first-order valence-corrected chi connectivity index (χ1v) is 8.51. The van der Waals surface area contributed by atoms with E-state index in [0.717, 1.165) is 5.56 Å². The smallest absolute Gasteiger partial charge is 0.255 e. The lowest BCUT2D eigenvalue weighted by atomic mass is 10.1. The SMILES string of the molecule is CCN(Cc1cccc2c1OCCO2)C(=O)c1cc(F)ccc1Br. The standard InChI is InChI=1S/C18H17BrFNO3/c1-2-21(18(22)14-10-13(20)6-7-15(14)19)11-12-4-3-5-16-17(12)24-9-8-23-16/h3-7,10H,2,8-9,11H2,1H3. The second-order valence-electron chi connectivity index (χ2n) is 5.38. The number of para-hydroxylation sites is 1. The Morgan fingerprint density at radius 3 is 2.83 bits per heavy atom. The van der Waals surface area contributed by atoms with Crippen molar-refractivity contribution in [2.24, 2.45) is 0 Å². The molecule has 6 heteroatoms. The predicted octanol–water partition coefficient (Wildman–Crippen LogP) is 4.02. The second-order valence-corrected chi connectivity index (χ2v) is 6.24. The Kier molecular flexibility index (Phi) is 5.04. The lowest BCUT2D eigenvalue weighted by molar-refractivity contribution is 0.0747. The molecule has 1 heterocycles. The highest BCUT2D eigenvalue weighted by Gasteiger charge is 2.22. The van der Waals surface area contributed by atoms with Gasteiger partial charge in [0.05, 0.1) is 5.56 Å². The summed E-state index contributed by atoms with van der Waals surface area (Å²) in [5.74, 6) is 0.687. The van der Waals surface area contributed by atoms with E-state index >= 15 is 0 Å². The van der Waals surface area contributed by atoms with E-state index in [1.54, 1.807) is 4.90 Å². The van der Waals surface area contributed by atoms with E-state index in [-0.39, 0.29) is 5.91 Å². The molecule has 3 rings (SSSR count).